The van der Waals surface area contributed by atoms with Crippen molar-refractivity contribution in [3.05, 3.63) is 29.8 Å². The van der Waals surface area contributed by atoms with E-state index in [2.05, 4.69) is 17.1 Å². The van der Waals surface area contributed by atoms with Gasteiger partial charge in [0, 0.05) is 38.0 Å². The first kappa shape index (κ1) is 13.5. The lowest BCUT2D eigenvalue weighted by atomic mass is 10.2. The summed E-state index contributed by atoms with van der Waals surface area (Å²) in [6, 6.07) is 7.50. The molecule has 0 aromatic heterocycles. The maximum Gasteiger partial charge on any atom is 0.251 e. The maximum atomic E-state index is 11.7. The van der Waals surface area contributed by atoms with Gasteiger partial charge in [0.2, 0.25) is 0 Å². The number of aliphatic hydroxyl groups is 1. The smallest absolute Gasteiger partial charge is 0.251 e. The fourth-order valence-electron chi connectivity index (χ4n) is 1.43. The van der Waals surface area contributed by atoms with Gasteiger partial charge in [0.15, 0.2) is 0 Å². The molecule has 0 bridgehead atoms. The van der Waals surface area contributed by atoms with Gasteiger partial charge in [0.25, 0.3) is 5.91 Å². The third kappa shape index (κ3) is 4.07. The topological polar surface area (TPSA) is 52.6 Å². The van der Waals surface area contributed by atoms with Crippen molar-refractivity contribution in [1.82, 2.24) is 5.32 Å². The summed E-state index contributed by atoms with van der Waals surface area (Å²) in [5, 5.41) is 11.4. The van der Waals surface area contributed by atoms with Crippen molar-refractivity contribution in [1.29, 1.82) is 0 Å². The van der Waals surface area contributed by atoms with Crippen molar-refractivity contribution in [2.75, 3.05) is 31.6 Å². The Balaban J connectivity index is 2.58. The molecule has 0 saturated carbocycles. The summed E-state index contributed by atoms with van der Waals surface area (Å²) in [6.07, 6.45) is 0.586. The second-order valence-corrected chi connectivity index (χ2v) is 3.89. The molecule has 0 radical (unpaired) electrons. The van der Waals surface area contributed by atoms with Crippen LogP contribution in [0.5, 0.6) is 0 Å². The van der Waals surface area contributed by atoms with Crippen LogP contribution in [-0.4, -0.2) is 37.8 Å². The molecule has 0 aliphatic carbocycles. The highest BCUT2D eigenvalue weighted by Gasteiger charge is 2.05. The van der Waals surface area contributed by atoms with Crippen molar-refractivity contribution in [3.8, 4) is 0 Å². The average Bonchev–Trinajstić information content (AvgIpc) is 2.38. The second-order valence-electron chi connectivity index (χ2n) is 3.89. The van der Waals surface area contributed by atoms with Gasteiger partial charge >= 0.3 is 0 Å². The van der Waals surface area contributed by atoms with Gasteiger partial charge in [-0.15, -0.1) is 0 Å². The van der Waals surface area contributed by atoms with Crippen molar-refractivity contribution in [3.63, 3.8) is 0 Å². The number of nitrogens with one attached hydrogen (secondary N) is 1. The quantitative estimate of drug-likeness (QED) is 0.731. The third-order valence-electron chi connectivity index (χ3n) is 2.67. The van der Waals surface area contributed by atoms with Gasteiger partial charge < -0.3 is 15.3 Å². The van der Waals surface area contributed by atoms with E-state index in [0.717, 1.165) is 12.2 Å². The number of hydrogen-bond donors (Lipinski definition) is 2. The Hall–Kier alpha value is -1.55. The van der Waals surface area contributed by atoms with Crippen LogP contribution in [0.4, 0.5) is 5.69 Å². The molecule has 0 saturated heterocycles. The number of carbonyl (C=O) groups excluding carboxylic acids is 1. The predicted octanol–water partition coefficient (Wildman–Crippen LogP) is 1.25. The van der Waals surface area contributed by atoms with Gasteiger partial charge in [0.1, 0.15) is 0 Å². The van der Waals surface area contributed by atoms with E-state index in [4.69, 9.17) is 5.11 Å². The molecule has 0 fully saturated rings. The van der Waals surface area contributed by atoms with E-state index >= 15 is 0 Å². The number of amides is 1. The lowest BCUT2D eigenvalue weighted by Crippen LogP contribution is -2.25. The van der Waals surface area contributed by atoms with Crippen LogP contribution >= 0.6 is 0 Å². The molecule has 1 aromatic carbocycles. The van der Waals surface area contributed by atoms with Gasteiger partial charge in [-0.05, 0) is 37.6 Å². The zero-order valence-corrected chi connectivity index (χ0v) is 10.4. The SMILES string of the molecule is CCN(C)c1ccc(C(=O)NCCCO)cc1. The molecule has 0 unspecified atom stereocenters. The molecule has 2 N–H and O–H groups in total. The summed E-state index contributed by atoms with van der Waals surface area (Å²) in [6.45, 7) is 3.62. The third-order valence-corrected chi connectivity index (χ3v) is 2.67. The fraction of sp³-hybridized carbons (Fsp3) is 0.462. The van der Waals surface area contributed by atoms with Gasteiger partial charge in [-0.3, -0.25) is 4.79 Å². The normalized spacial score (nSPS) is 10.1. The van der Waals surface area contributed by atoms with Crippen molar-refractivity contribution in [2.24, 2.45) is 0 Å². The van der Waals surface area contributed by atoms with E-state index < -0.39 is 0 Å². The van der Waals surface area contributed by atoms with E-state index in [9.17, 15) is 4.79 Å². The maximum absolute atomic E-state index is 11.7. The Bertz CT molecular complexity index is 349. The summed E-state index contributed by atoms with van der Waals surface area (Å²) in [5.74, 6) is -0.0934. The largest absolute Gasteiger partial charge is 0.396 e. The monoisotopic (exact) mass is 236 g/mol. The first-order valence-electron chi connectivity index (χ1n) is 5.89. The summed E-state index contributed by atoms with van der Waals surface area (Å²) in [5.41, 5.74) is 1.75. The average molecular weight is 236 g/mol. The van der Waals surface area contributed by atoms with E-state index in [1.807, 2.05) is 31.3 Å². The number of anilines is 1. The number of nitrogens with zero attached hydrogens (tertiary/aromatic N) is 1. The zero-order chi connectivity index (χ0) is 12.7. The minimum absolute atomic E-state index is 0.0934. The molecular weight excluding hydrogens is 216 g/mol. The number of hydrogen-bond acceptors (Lipinski definition) is 3. The number of rotatable bonds is 6. The van der Waals surface area contributed by atoms with E-state index in [-0.39, 0.29) is 12.5 Å². The Morgan fingerprint density at radius 1 is 1.35 bits per heavy atom. The standard InChI is InChI=1S/C13H20N2O2/c1-3-15(2)12-7-5-11(6-8-12)13(17)14-9-4-10-16/h5-8,16H,3-4,9-10H2,1-2H3,(H,14,17). The van der Waals surface area contributed by atoms with Crippen LogP contribution in [0.15, 0.2) is 24.3 Å². The fourth-order valence-corrected chi connectivity index (χ4v) is 1.43. The highest BCUT2D eigenvalue weighted by Crippen LogP contribution is 2.13. The van der Waals surface area contributed by atoms with Crippen molar-refractivity contribution < 1.29 is 9.90 Å². The first-order valence-corrected chi connectivity index (χ1v) is 5.89. The van der Waals surface area contributed by atoms with E-state index in [1.165, 1.54) is 0 Å². The van der Waals surface area contributed by atoms with Crippen LogP contribution in [-0.2, 0) is 0 Å². The summed E-state index contributed by atoms with van der Waals surface area (Å²) in [7, 11) is 2.01. The Morgan fingerprint density at radius 3 is 2.53 bits per heavy atom. The Labute approximate surface area is 102 Å². The van der Waals surface area contributed by atoms with Crippen LogP contribution in [0, 0.1) is 0 Å². The molecule has 0 spiro atoms. The molecule has 4 heteroatoms. The van der Waals surface area contributed by atoms with Crippen molar-refractivity contribution >= 4 is 11.6 Å². The second kappa shape index (κ2) is 6.91. The number of aliphatic hydroxyl groups excluding tert-OH is 1. The molecule has 94 valence electrons. The molecule has 4 nitrogen and oxygen atoms in total. The van der Waals surface area contributed by atoms with Crippen LogP contribution < -0.4 is 10.2 Å². The first-order chi connectivity index (χ1) is 8.19. The van der Waals surface area contributed by atoms with E-state index in [0.29, 0.717) is 18.5 Å². The summed E-state index contributed by atoms with van der Waals surface area (Å²) < 4.78 is 0. The zero-order valence-electron chi connectivity index (χ0n) is 10.4. The van der Waals surface area contributed by atoms with E-state index in [1.54, 1.807) is 0 Å². The highest BCUT2D eigenvalue weighted by molar-refractivity contribution is 5.94. The minimum atomic E-state index is -0.0934. The van der Waals surface area contributed by atoms with Gasteiger partial charge in [-0.2, -0.15) is 0 Å². The molecule has 17 heavy (non-hydrogen) atoms. The van der Waals surface area contributed by atoms with Crippen molar-refractivity contribution in [2.45, 2.75) is 13.3 Å². The molecule has 1 amide bonds. The molecule has 0 atom stereocenters. The Morgan fingerprint density at radius 2 is 2.00 bits per heavy atom. The molecule has 1 aromatic rings. The Kier molecular flexibility index (Phi) is 5.49. The van der Waals surface area contributed by atoms with Crippen LogP contribution in [0.25, 0.3) is 0 Å². The molecule has 0 aliphatic rings. The van der Waals surface area contributed by atoms with Gasteiger partial charge in [0.05, 0.1) is 0 Å². The van der Waals surface area contributed by atoms with Crippen LogP contribution in [0.3, 0.4) is 0 Å². The lowest BCUT2D eigenvalue weighted by Gasteiger charge is -2.16. The van der Waals surface area contributed by atoms with Crippen LogP contribution in [0.1, 0.15) is 23.7 Å². The summed E-state index contributed by atoms with van der Waals surface area (Å²) in [4.78, 5) is 13.8. The highest BCUT2D eigenvalue weighted by atomic mass is 16.3. The predicted molar refractivity (Wildman–Crippen MR) is 69.4 cm³/mol. The number of benzene rings is 1. The van der Waals surface area contributed by atoms with Gasteiger partial charge in [-0.1, -0.05) is 0 Å². The molecular formula is C13H20N2O2. The summed E-state index contributed by atoms with van der Waals surface area (Å²) >= 11 is 0. The minimum Gasteiger partial charge on any atom is -0.396 e. The van der Waals surface area contributed by atoms with Gasteiger partial charge in [-0.25, -0.2) is 0 Å². The molecule has 0 heterocycles. The van der Waals surface area contributed by atoms with Crippen LogP contribution in [0.2, 0.25) is 0 Å². The lowest BCUT2D eigenvalue weighted by molar-refractivity contribution is 0.0951. The molecule has 0 aliphatic heterocycles. The number of carbonyl (C=O) groups is 1. The molecule has 1 rings (SSSR count).